The van der Waals surface area contributed by atoms with Crippen molar-refractivity contribution < 1.29 is 0 Å². The number of aryl methyl sites for hydroxylation is 4. The Hall–Kier alpha value is -7.20. The van der Waals surface area contributed by atoms with Gasteiger partial charge in [-0.1, -0.05) is 198 Å². The quantitative estimate of drug-likeness (QED) is 0.154. The predicted molar refractivity (Wildman–Crippen MR) is 264 cm³/mol. The summed E-state index contributed by atoms with van der Waals surface area (Å²) in [6, 6.07) is 82.8. The smallest absolute Gasteiger partial charge is 0.184 e. The molecule has 2 aliphatic rings. The number of hydrogen-bond acceptors (Lipinski definition) is 2. The monoisotopic (exact) mass is 812 g/mol. The fraction of sp³-hybridized carbons (Fsp3) is 0.0847. The molecule has 3 heteroatoms. The summed E-state index contributed by atoms with van der Waals surface area (Å²) in [6.07, 6.45) is 0. The van der Waals surface area contributed by atoms with Gasteiger partial charge in [0.2, 0.25) is 0 Å². The van der Waals surface area contributed by atoms with Crippen molar-refractivity contribution >= 4 is 62.9 Å². The van der Waals surface area contributed by atoms with Crippen LogP contribution in [0.2, 0.25) is 0 Å². The number of benzene rings is 9. The first-order chi connectivity index (χ1) is 30.4. The summed E-state index contributed by atoms with van der Waals surface area (Å²) in [5, 5.41) is 5.58. The Balaban J connectivity index is 1.14. The zero-order valence-electron chi connectivity index (χ0n) is 35.7. The standard InChI is InChI=1S/C59H48N2Si/c1-41-24-32-45(33-25-41)59(46-34-26-42(2)27-35-46)51-16-5-7-18-53(51)60(54-19-8-6-17-52(54)59)47-14-13-15-48(40-47)61-55-20-9-11-22-57(55)62(49-36-28-43(3)29-37-49,50-38-30-44(4)31-39-50)58-23-12-10-21-56(58)61/h5-40H,1-4H3. The van der Waals surface area contributed by atoms with Crippen LogP contribution in [0.4, 0.5) is 34.1 Å². The summed E-state index contributed by atoms with van der Waals surface area (Å²) in [5.41, 5.74) is 16.6. The molecule has 2 heterocycles. The van der Waals surface area contributed by atoms with Crippen LogP contribution in [0.5, 0.6) is 0 Å². The van der Waals surface area contributed by atoms with E-state index >= 15 is 0 Å². The van der Waals surface area contributed by atoms with Crippen LogP contribution >= 0.6 is 0 Å². The second-order valence-electron chi connectivity index (χ2n) is 17.2. The third kappa shape index (κ3) is 5.62. The van der Waals surface area contributed by atoms with Gasteiger partial charge >= 0.3 is 0 Å². The van der Waals surface area contributed by atoms with Crippen molar-refractivity contribution in [1.82, 2.24) is 0 Å². The van der Waals surface area contributed by atoms with Gasteiger partial charge in [0.15, 0.2) is 8.07 Å². The third-order valence-corrected chi connectivity index (χ3v) is 18.3. The van der Waals surface area contributed by atoms with E-state index in [1.807, 2.05) is 0 Å². The van der Waals surface area contributed by atoms with E-state index in [9.17, 15) is 0 Å². The molecule has 0 unspecified atom stereocenters. The van der Waals surface area contributed by atoms with E-state index in [0.29, 0.717) is 0 Å². The van der Waals surface area contributed by atoms with Crippen LogP contribution in [-0.2, 0) is 5.41 Å². The highest BCUT2D eigenvalue weighted by Crippen LogP contribution is 2.58. The predicted octanol–water partition coefficient (Wildman–Crippen LogP) is 12.2. The van der Waals surface area contributed by atoms with Gasteiger partial charge in [0, 0.05) is 22.7 Å². The van der Waals surface area contributed by atoms with E-state index in [-0.39, 0.29) is 0 Å². The van der Waals surface area contributed by atoms with Crippen molar-refractivity contribution in [3.63, 3.8) is 0 Å². The first-order valence-electron chi connectivity index (χ1n) is 21.8. The second kappa shape index (κ2) is 14.8. The molecule has 0 fully saturated rings. The number of para-hydroxylation sites is 4. The Bertz CT molecular complexity index is 2710. The van der Waals surface area contributed by atoms with Crippen LogP contribution in [-0.4, -0.2) is 8.07 Å². The summed E-state index contributed by atoms with van der Waals surface area (Å²) in [6.45, 7) is 8.72. The Morgan fingerprint density at radius 1 is 0.323 bits per heavy atom. The SMILES string of the molecule is Cc1ccc(C2(c3ccc(C)cc3)c3ccccc3N(c3cccc(N4c5ccccc5[Si](c5ccc(C)cc5)(c5ccc(C)cc5)c5ccccc54)c3)c3ccccc32)cc1. The summed E-state index contributed by atoms with van der Waals surface area (Å²) in [4.78, 5) is 5.01. The lowest BCUT2D eigenvalue weighted by Crippen LogP contribution is -2.77. The van der Waals surface area contributed by atoms with Gasteiger partial charge in [-0.25, -0.2) is 0 Å². The van der Waals surface area contributed by atoms with Gasteiger partial charge < -0.3 is 9.80 Å². The molecule has 2 aliphatic heterocycles. The molecule has 2 nitrogen and oxygen atoms in total. The third-order valence-electron chi connectivity index (χ3n) is 13.5. The molecule has 0 saturated heterocycles. The van der Waals surface area contributed by atoms with Crippen molar-refractivity contribution in [3.05, 3.63) is 263 Å². The summed E-state index contributed by atoms with van der Waals surface area (Å²) >= 11 is 0. The average molecular weight is 813 g/mol. The van der Waals surface area contributed by atoms with Crippen LogP contribution in [0, 0.1) is 27.7 Å². The van der Waals surface area contributed by atoms with Gasteiger partial charge in [-0.15, -0.1) is 0 Å². The lowest BCUT2D eigenvalue weighted by atomic mass is 9.62. The molecule has 0 radical (unpaired) electrons. The number of rotatable bonds is 6. The van der Waals surface area contributed by atoms with Crippen LogP contribution < -0.4 is 30.5 Å². The first-order valence-corrected chi connectivity index (χ1v) is 23.8. The Kier molecular flexibility index (Phi) is 8.99. The zero-order valence-corrected chi connectivity index (χ0v) is 36.7. The molecule has 9 aromatic rings. The van der Waals surface area contributed by atoms with E-state index in [1.54, 1.807) is 0 Å². The van der Waals surface area contributed by atoms with Crippen molar-refractivity contribution in [3.8, 4) is 0 Å². The maximum atomic E-state index is 2.52. The normalized spacial score (nSPS) is 14.3. The molecular weight excluding hydrogens is 765 g/mol. The fourth-order valence-electron chi connectivity index (χ4n) is 10.6. The van der Waals surface area contributed by atoms with Crippen molar-refractivity contribution in [2.24, 2.45) is 0 Å². The van der Waals surface area contributed by atoms with E-state index < -0.39 is 13.5 Å². The summed E-state index contributed by atoms with van der Waals surface area (Å²) in [5.74, 6) is 0. The van der Waals surface area contributed by atoms with Crippen molar-refractivity contribution in [2.45, 2.75) is 33.1 Å². The molecule has 0 saturated carbocycles. The lowest BCUT2D eigenvalue weighted by molar-refractivity contribution is 0.730. The van der Waals surface area contributed by atoms with Gasteiger partial charge in [-0.2, -0.15) is 0 Å². The molecule has 0 amide bonds. The first kappa shape index (κ1) is 37.8. The van der Waals surface area contributed by atoms with Gasteiger partial charge in [0.1, 0.15) is 0 Å². The molecule has 11 rings (SSSR count). The molecule has 0 atom stereocenters. The van der Waals surface area contributed by atoms with Gasteiger partial charge in [0.05, 0.1) is 16.8 Å². The highest BCUT2D eigenvalue weighted by atomic mass is 28.3. The van der Waals surface area contributed by atoms with E-state index in [4.69, 9.17) is 0 Å². The van der Waals surface area contributed by atoms with Crippen LogP contribution in [0.3, 0.4) is 0 Å². The Labute approximate surface area is 367 Å². The van der Waals surface area contributed by atoms with Crippen molar-refractivity contribution in [1.29, 1.82) is 0 Å². The maximum Gasteiger partial charge on any atom is 0.184 e. The topological polar surface area (TPSA) is 6.48 Å². The largest absolute Gasteiger partial charge is 0.311 e. The van der Waals surface area contributed by atoms with E-state index in [0.717, 1.165) is 11.4 Å². The van der Waals surface area contributed by atoms with Gasteiger partial charge in [0.25, 0.3) is 0 Å². The number of hydrogen-bond donors (Lipinski definition) is 0. The molecule has 0 N–H and O–H groups in total. The molecule has 0 spiro atoms. The summed E-state index contributed by atoms with van der Waals surface area (Å²) < 4.78 is 0. The maximum absolute atomic E-state index is 2.78. The molecule has 9 aromatic carbocycles. The number of fused-ring (bicyclic) bond motifs is 4. The highest BCUT2D eigenvalue weighted by Gasteiger charge is 2.49. The fourth-order valence-corrected chi connectivity index (χ4v) is 15.7. The molecular formula is C59H48N2Si. The van der Waals surface area contributed by atoms with E-state index in [2.05, 4.69) is 256 Å². The van der Waals surface area contributed by atoms with Crippen LogP contribution in [0.1, 0.15) is 44.5 Å². The molecule has 62 heavy (non-hydrogen) atoms. The molecule has 0 aliphatic carbocycles. The van der Waals surface area contributed by atoms with E-state index in [1.165, 1.54) is 88.0 Å². The average Bonchev–Trinajstić information content (AvgIpc) is 3.31. The minimum absolute atomic E-state index is 0.534. The summed E-state index contributed by atoms with van der Waals surface area (Å²) in [7, 11) is -2.78. The number of nitrogens with zero attached hydrogens (tertiary/aromatic N) is 2. The van der Waals surface area contributed by atoms with Crippen LogP contribution in [0.25, 0.3) is 0 Å². The highest BCUT2D eigenvalue weighted by molar-refractivity contribution is 7.21. The van der Waals surface area contributed by atoms with Gasteiger partial charge in [-0.3, -0.25) is 0 Å². The Morgan fingerprint density at radius 2 is 0.661 bits per heavy atom. The van der Waals surface area contributed by atoms with Crippen LogP contribution in [0.15, 0.2) is 218 Å². The zero-order chi connectivity index (χ0) is 42.0. The molecule has 0 bridgehead atoms. The van der Waals surface area contributed by atoms with Crippen molar-refractivity contribution in [2.75, 3.05) is 9.80 Å². The second-order valence-corrected chi connectivity index (χ2v) is 21.0. The molecule has 0 aromatic heterocycles. The molecule has 298 valence electrons. The minimum atomic E-state index is -2.78. The number of anilines is 6. The minimum Gasteiger partial charge on any atom is -0.311 e. The van der Waals surface area contributed by atoms with Gasteiger partial charge in [-0.05, 0) is 113 Å². The Morgan fingerprint density at radius 3 is 1.08 bits per heavy atom. The lowest BCUT2D eigenvalue weighted by Gasteiger charge is -2.47.